The Balaban J connectivity index is 1.25. The predicted octanol–water partition coefficient (Wildman–Crippen LogP) is 3.57. The van der Waals surface area contributed by atoms with Gasteiger partial charge in [-0.2, -0.15) is 4.31 Å². The molecule has 2 aromatic rings. The number of nitrogens with one attached hydrogen (secondary N) is 1. The molecular weight excluding hydrogens is 438 g/mol. The number of carbonyl (C=O) groups is 1. The summed E-state index contributed by atoms with van der Waals surface area (Å²) in [5.74, 6) is 0.803. The van der Waals surface area contributed by atoms with Gasteiger partial charge < -0.3 is 9.88 Å². The molecule has 0 spiro atoms. The van der Waals surface area contributed by atoms with Gasteiger partial charge in [-0.3, -0.25) is 9.59 Å². The van der Waals surface area contributed by atoms with E-state index in [1.54, 1.807) is 45.3 Å². The average molecular weight is 470 g/mol. The Labute approximate surface area is 194 Å². The number of piperidine rings is 1. The highest BCUT2D eigenvalue weighted by atomic mass is 32.2. The fourth-order valence-electron chi connectivity index (χ4n) is 5.77. The van der Waals surface area contributed by atoms with Gasteiger partial charge in [-0.25, -0.2) is 8.42 Å². The number of amides is 1. The monoisotopic (exact) mass is 469 g/mol. The molecule has 7 nitrogen and oxygen atoms in total. The van der Waals surface area contributed by atoms with Gasteiger partial charge in [-0.05, 0) is 55.0 Å². The number of carbonyl (C=O) groups excluding carboxylic acids is 1. The van der Waals surface area contributed by atoms with Crippen LogP contribution < -0.4 is 10.9 Å². The zero-order chi connectivity index (χ0) is 23.0. The van der Waals surface area contributed by atoms with Crippen molar-refractivity contribution in [2.75, 3.05) is 18.4 Å². The van der Waals surface area contributed by atoms with E-state index in [0.717, 1.165) is 18.5 Å². The largest absolute Gasteiger partial charge is 0.326 e. The number of hydrogen-bond donors (Lipinski definition) is 1. The number of pyridine rings is 1. The molecule has 33 heavy (non-hydrogen) atoms. The van der Waals surface area contributed by atoms with Crippen molar-refractivity contribution in [2.45, 2.75) is 62.3 Å². The molecule has 1 saturated heterocycles. The third-order valence-corrected chi connectivity index (χ3v) is 9.32. The summed E-state index contributed by atoms with van der Waals surface area (Å²) in [5.41, 5.74) is 1.53. The topological polar surface area (TPSA) is 88.5 Å². The van der Waals surface area contributed by atoms with Crippen molar-refractivity contribution in [1.29, 1.82) is 0 Å². The number of sulfonamides is 1. The zero-order valence-electron chi connectivity index (χ0n) is 18.8. The Bertz CT molecular complexity index is 1180. The fraction of sp³-hybridized carbons (Fsp3) is 0.520. The molecule has 0 unspecified atom stereocenters. The van der Waals surface area contributed by atoms with Crippen LogP contribution in [0.2, 0.25) is 0 Å². The highest BCUT2D eigenvalue weighted by molar-refractivity contribution is 7.89. The number of rotatable bonds is 6. The zero-order valence-corrected chi connectivity index (χ0v) is 19.6. The molecule has 0 radical (unpaired) electrons. The quantitative estimate of drug-likeness (QED) is 0.701. The molecule has 176 valence electrons. The van der Waals surface area contributed by atoms with Crippen LogP contribution in [0.15, 0.2) is 52.2 Å². The van der Waals surface area contributed by atoms with E-state index in [0.29, 0.717) is 37.7 Å². The number of fused-ring (bicyclic) bond motifs is 4. The smallest absolute Gasteiger partial charge is 0.250 e. The molecular formula is C25H31N3O4S. The van der Waals surface area contributed by atoms with Gasteiger partial charge in [-0.1, -0.05) is 31.7 Å². The lowest BCUT2D eigenvalue weighted by atomic mass is 9.84. The molecule has 2 atom stereocenters. The summed E-state index contributed by atoms with van der Waals surface area (Å²) in [4.78, 5) is 24.7. The second-order valence-corrected chi connectivity index (χ2v) is 11.7. The van der Waals surface area contributed by atoms with Gasteiger partial charge >= 0.3 is 0 Å². The molecule has 2 bridgehead atoms. The first-order chi connectivity index (χ1) is 15.9. The number of benzene rings is 1. The first-order valence-corrected chi connectivity index (χ1v) is 13.4. The second-order valence-electron chi connectivity index (χ2n) is 9.78. The molecule has 2 fully saturated rings. The number of hydrogen-bond acceptors (Lipinski definition) is 4. The summed E-state index contributed by atoms with van der Waals surface area (Å²) in [6.07, 6.45) is 7.32. The van der Waals surface area contributed by atoms with Gasteiger partial charge in [0.25, 0.3) is 5.56 Å². The maximum atomic E-state index is 13.4. The van der Waals surface area contributed by atoms with Gasteiger partial charge in [0.2, 0.25) is 15.9 Å². The Hall–Kier alpha value is -2.45. The van der Waals surface area contributed by atoms with Crippen molar-refractivity contribution in [3.8, 4) is 0 Å². The first-order valence-electron chi connectivity index (χ1n) is 12.0. The molecule has 1 N–H and O–H groups in total. The molecule has 1 aromatic heterocycles. The van der Waals surface area contributed by atoms with Crippen LogP contribution in [0.5, 0.6) is 0 Å². The SMILES string of the molecule is O=C(CCC1CCCC1)Nc1ccc(S(=O)(=O)N2C[C@H]3C[C@@H](C2)c2cccc(=O)n2C3)cc1. The highest BCUT2D eigenvalue weighted by Gasteiger charge is 2.39. The van der Waals surface area contributed by atoms with Gasteiger partial charge in [0.05, 0.1) is 4.90 Å². The summed E-state index contributed by atoms with van der Waals surface area (Å²) in [6.45, 7) is 1.35. The maximum absolute atomic E-state index is 13.4. The summed E-state index contributed by atoms with van der Waals surface area (Å²) in [6, 6.07) is 11.7. The van der Waals surface area contributed by atoms with Crippen LogP contribution in [0.4, 0.5) is 5.69 Å². The first kappa shape index (κ1) is 22.3. The van der Waals surface area contributed by atoms with Crippen LogP contribution in [0.1, 0.15) is 56.6 Å². The third-order valence-electron chi connectivity index (χ3n) is 7.48. The Morgan fingerprint density at radius 1 is 1.00 bits per heavy atom. The Morgan fingerprint density at radius 2 is 1.76 bits per heavy atom. The van der Waals surface area contributed by atoms with Crippen LogP contribution in [0, 0.1) is 11.8 Å². The van der Waals surface area contributed by atoms with E-state index in [1.807, 2.05) is 6.07 Å². The van der Waals surface area contributed by atoms with Gasteiger partial charge in [0, 0.05) is 49.4 Å². The Kier molecular flexibility index (Phi) is 6.14. The van der Waals surface area contributed by atoms with Crippen LogP contribution in [0.3, 0.4) is 0 Å². The van der Waals surface area contributed by atoms with E-state index in [-0.39, 0.29) is 28.2 Å². The lowest BCUT2D eigenvalue weighted by Gasteiger charge is -2.42. The van der Waals surface area contributed by atoms with E-state index in [2.05, 4.69) is 5.32 Å². The standard InChI is InChI=1S/C25H31N3O4S/c29-24(13-8-18-4-1-2-5-18)26-21-9-11-22(12-10-21)33(31,32)27-15-19-14-20(17-27)23-6-3-7-25(30)28(23)16-19/h3,6-7,9-12,18-20H,1-2,4-5,8,13-17H2,(H,26,29)/t19-,20+/m1/s1. The van der Waals surface area contributed by atoms with Crippen molar-refractivity contribution < 1.29 is 13.2 Å². The second kappa shape index (κ2) is 9.06. The third kappa shape index (κ3) is 4.64. The number of nitrogens with zero attached hydrogens (tertiary/aromatic N) is 2. The average Bonchev–Trinajstić information content (AvgIpc) is 3.33. The molecule has 8 heteroatoms. The molecule has 3 aliphatic rings. The van der Waals surface area contributed by atoms with Crippen LogP contribution in [-0.2, 0) is 21.4 Å². The Morgan fingerprint density at radius 3 is 2.52 bits per heavy atom. The summed E-state index contributed by atoms with van der Waals surface area (Å²) in [7, 11) is -3.65. The fourth-order valence-corrected chi connectivity index (χ4v) is 7.33. The van der Waals surface area contributed by atoms with Crippen LogP contribution in [0.25, 0.3) is 0 Å². The molecule has 1 saturated carbocycles. The van der Waals surface area contributed by atoms with Crippen molar-refractivity contribution in [3.63, 3.8) is 0 Å². The van der Waals surface area contributed by atoms with E-state index in [9.17, 15) is 18.0 Å². The lowest BCUT2D eigenvalue weighted by molar-refractivity contribution is -0.116. The number of aromatic nitrogens is 1. The lowest BCUT2D eigenvalue weighted by Crippen LogP contribution is -2.48. The molecule has 1 aromatic carbocycles. The van der Waals surface area contributed by atoms with Gasteiger partial charge in [-0.15, -0.1) is 0 Å². The number of anilines is 1. The van der Waals surface area contributed by atoms with E-state index >= 15 is 0 Å². The van der Waals surface area contributed by atoms with E-state index in [1.165, 1.54) is 25.7 Å². The molecule has 1 aliphatic carbocycles. The van der Waals surface area contributed by atoms with Crippen molar-refractivity contribution in [2.24, 2.45) is 11.8 Å². The minimum absolute atomic E-state index is 0.0145. The molecule has 1 amide bonds. The summed E-state index contributed by atoms with van der Waals surface area (Å²) in [5, 5.41) is 2.89. The van der Waals surface area contributed by atoms with Crippen LogP contribution in [-0.4, -0.2) is 36.3 Å². The van der Waals surface area contributed by atoms with E-state index < -0.39 is 10.0 Å². The predicted molar refractivity (Wildman–Crippen MR) is 127 cm³/mol. The van der Waals surface area contributed by atoms with Crippen molar-refractivity contribution >= 4 is 21.6 Å². The molecule has 5 rings (SSSR count). The van der Waals surface area contributed by atoms with Gasteiger partial charge in [0.15, 0.2) is 0 Å². The minimum Gasteiger partial charge on any atom is -0.326 e. The maximum Gasteiger partial charge on any atom is 0.250 e. The normalized spacial score (nSPS) is 23.3. The van der Waals surface area contributed by atoms with Gasteiger partial charge in [0.1, 0.15) is 0 Å². The molecule has 3 heterocycles. The summed E-state index contributed by atoms with van der Waals surface area (Å²) >= 11 is 0. The van der Waals surface area contributed by atoms with Crippen molar-refractivity contribution in [1.82, 2.24) is 8.87 Å². The van der Waals surface area contributed by atoms with E-state index in [4.69, 9.17) is 0 Å². The minimum atomic E-state index is -3.65. The highest BCUT2D eigenvalue weighted by Crippen LogP contribution is 2.37. The summed E-state index contributed by atoms with van der Waals surface area (Å²) < 4.78 is 30.1. The van der Waals surface area contributed by atoms with Crippen molar-refractivity contribution in [3.05, 3.63) is 58.5 Å². The van der Waals surface area contributed by atoms with Crippen LogP contribution >= 0.6 is 0 Å². The molecule has 2 aliphatic heterocycles.